The van der Waals surface area contributed by atoms with E-state index >= 15 is 0 Å². The van der Waals surface area contributed by atoms with Crippen LogP contribution in [0.5, 0.6) is 11.5 Å². The molecule has 0 fully saturated rings. The van der Waals surface area contributed by atoms with Gasteiger partial charge in [-0.15, -0.1) is 0 Å². The molecular formula is C23H20N2O3. The van der Waals surface area contributed by atoms with Gasteiger partial charge in [0.1, 0.15) is 11.5 Å². The standard InChI is InChI=1S/C23H20N2O3/c1-27-19-12-8-16(9-13-19)21-22(17-10-14-20(28-2)15-11-17)25(24-23(21)26)18-6-4-3-5-7-18/h3-15H,1-2H3,(H,24,26). The zero-order valence-corrected chi connectivity index (χ0v) is 15.7. The molecule has 0 spiro atoms. The van der Waals surface area contributed by atoms with E-state index in [9.17, 15) is 4.79 Å². The highest BCUT2D eigenvalue weighted by atomic mass is 16.5. The molecule has 0 aliphatic rings. The number of aromatic amines is 1. The molecule has 5 nitrogen and oxygen atoms in total. The average Bonchev–Trinajstić information content (AvgIpc) is 3.11. The van der Waals surface area contributed by atoms with Gasteiger partial charge in [0.2, 0.25) is 0 Å². The predicted octanol–water partition coefficient (Wildman–Crippen LogP) is 4.52. The predicted molar refractivity (Wildman–Crippen MR) is 110 cm³/mol. The van der Waals surface area contributed by atoms with Gasteiger partial charge in [-0.05, 0) is 54.1 Å². The first kappa shape index (κ1) is 17.7. The second-order valence-corrected chi connectivity index (χ2v) is 6.29. The van der Waals surface area contributed by atoms with E-state index in [4.69, 9.17) is 9.47 Å². The first-order valence-corrected chi connectivity index (χ1v) is 8.90. The van der Waals surface area contributed by atoms with Crippen molar-refractivity contribution >= 4 is 0 Å². The van der Waals surface area contributed by atoms with E-state index < -0.39 is 0 Å². The zero-order chi connectivity index (χ0) is 19.5. The normalized spacial score (nSPS) is 10.6. The van der Waals surface area contributed by atoms with Gasteiger partial charge in [-0.3, -0.25) is 14.6 Å². The van der Waals surface area contributed by atoms with E-state index in [-0.39, 0.29) is 5.56 Å². The third-order valence-electron chi connectivity index (χ3n) is 4.66. The van der Waals surface area contributed by atoms with Crippen molar-refractivity contribution in [3.63, 3.8) is 0 Å². The summed E-state index contributed by atoms with van der Waals surface area (Å²) in [7, 11) is 3.25. The number of benzene rings is 3. The third-order valence-corrected chi connectivity index (χ3v) is 4.66. The Morgan fingerprint density at radius 2 is 1.25 bits per heavy atom. The van der Waals surface area contributed by atoms with Gasteiger partial charge >= 0.3 is 0 Å². The minimum Gasteiger partial charge on any atom is -0.497 e. The van der Waals surface area contributed by atoms with Crippen molar-refractivity contribution in [1.82, 2.24) is 9.78 Å². The molecule has 4 rings (SSSR count). The van der Waals surface area contributed by atoms with E-state index in [0.29, 0.717) is 5.56 Å². The number of para-hydroxylation sites is 1. The molecular weight excluding hydrogens is 352 g/mol. The van der Waals surface area contributed by atoms with Crippen LogP contribution in [0.4, 0.5) is 0 Å². The minimum atomic E-state index is -0.153. The van der Waals surface area contributed by atoms with Gasteiger partial charge in [-0.1, -0.05) is 30.3 Å². The molecule has 0 amide bonds. The van der Waals surface area contributed by atoms with Gasteiger partial charge in [0.15, 0.2) is 0 Å². The minimum absolute atomic E-state index is 0.153. The van der Waals surface area contributed by atoms with Crippen LogP contribution in [0.2, 0.25) is 0 Å². The van der Waals surface area contributed by atoms with Gasteiger partial charge in [0.25, 0.3) is 5.56 Å². The molecule has 0 aliphatic carbocycles. The van der Waals surface area contributed by atoms with Crippen molar-refractivity contribution in [2.24, 2.45) is 0 Å². The van der Waals surface area contributed by atoms with E-state index in [2.05, 4.69) is 5.10 Å². The maximum Gasteiger partial charge on any atom is 0.272 e. The molecule has 28 heavy (non-hydrogen) atoms. The van der Waals surface area contributed by atoms with Crippen LogP contribution in [0.3, 0.4) is 0 Å². The van der Waals surface area contributed by atoms with Crippen molar-refractivity contribution in [3.05, 3.63) is 89.2 Å². The lowest BCUT2D eigenvalue weighted by Gasteiger charge is -2.11. The summed E-state index contributed by atoms with van der Waals surface area (Å²) in [6.45, 7) is 0. The Morgan fingerprint density at radius 1 is 0.714 bits per heavy atom. The molecule has 0 saturated carbocycles. The molecule has 0 aliphatic heterocycles. The summed E-state index contributed by atoms with van der Waals surface area (Å²) in [5.41, 5.74) is 3.86. The number of nitrogens with zero attached hydrogens (tertiary/aromatic N) is 1. The Kier molecular flexibility index (Phi) is 4.72. The number of hydrogen-bond acceptors (Lipinski definition) is 3. The molecule has 0 unspecified atom stereocenters. The van der Waals surface area contributed by atoms with Gasteiger partial charge in [0.05, 0.1) is 31.2 Å². The van der Waals surface area contributed by atoms with Gasteiger partial charge in [-0.25, -0.2) is 0 Å². The number of hydrogen-bond donors (Lipinski definition) is 1. The fourth-order valence-corrected chi connectivity index (χ4v) is 3.25. The van der Waals surface area contributed by atoms with E-state index in [1.807, 2.05) is 83.5 Å². The van der Waals surface area contributed by atoms with Crippen LogP contribution in [0.1, 0.15) is 0 Å². The summed E-state index contributed by atoms with van der Waals surface area (Å²) in [6.07, 6.45) is 0. The SMILES string of the molecule is COc1ccc(-c2c(-c3ccc(OC)cc3)n(-c3ccccc3)[nH]c2=O)cc1. The second kappa shape index (κ2) is 7.48. The van der Waals surface area contributed by atoms with Crippen LogP contribution in [-0.4, -0.2) is 24.0 Å². The number of ether oxygens (including phenoxy) is 2. The molecule has 0 saturated heterocycles. The zero-order valence-electron chi connectivity index (χ0n) is 15.7. The Hall–Kier alpha value is -3.73. The molecule has 0 radical (unpaired) electrons. The van der Waals surface area contributed by atoms with Crippen molar-refractivity contribution < 1.29 is 9.47 Å². The van der Waals surface area contributed by atoms with Crippen molar-refractivity contribution in [2.75, 3.05) is 14.2 Å². The quantitative estimate of drug-likeness (QED) is 0.560. The van der Waals surface area contributed by atoms with Gasteiger partial charge < -0.3 is 9.47 Å². The van der Waals surface area contributed by atoms with E-state index in [1.165, 1.54) is 0 Å². The highest BCUT2D eigenvalue weighted by molar-refractivity contribution is 5.82. The highest BCUT2D eigenvalue weighted by Crippen LogP contribution is 2.33. The molecule has 5 heteroatoms. The van der Waals surface area contributed by atoms with Gasteiger partial charge in [0, 0.05) is 5.56 Å². The Balaban J connectivity index is 1.96. The Bertz CT molecular complexity index is 1130. The van der Waals surface area contributed by atoms with E-state index in [0.717, 1.165) is 34.0 Å². The fourth-order valence-electron chi connectivity index (χ4n) is 3.25. The summed E-state index contributed by atoms with van der Waals surface area (Å²) >= 11 is 0. The number of methoxy groups -OCH3 is 2. The molecule has 3 aromatic carbocycles. The highest BCUT2D eigenvalue weighted by Gasteiger charge is 2.19. The van der Waals surface area contributed by atoms with Crippen LogP contribution in [0, 0.1) is 0 Å². The molecule has 1 heterocycles. The number of aromatic nitrogens is 2. The summed E-state index contributed by atoms with van der Waals surface area (Å²) < 4.78 is 12.3. The van der Waals surface area contributed by atoms with E-state index in [1.54, 1.807) is 14.2 Å². The summed E-state index contributed by atoms with van der Waals surface area (Å²) in [4.78, 5) is 13.0. The Labute approximate surface area is 162 Å². The lowest BCUT2D eigenvalue weighted by molar-refractivity contribution is 0.414. The van der Waals surface area contributed by atoms with Crippen LogP contribution < -0.4 is 15.0 Å². The Morgan fingerprint density at radius 3 is 1.79 bits per heavy atom. The second-order valence-electron chi connectivity index (χ2n) is 6.29. The van der Waals surface area contributed by atoms with Crippen molar-refractivity contribution in [2.45, 2.75) is 0 Å². The largest absolute Gasteiger partial charge is 0.497 e. The molecule has 0 bridgehead atoms. The average molecular weight is 372 g/mol. The number of rotatable bonds is 5. The van der Waals surface area contributed by atoms with Crippen LogP contribution in [0.25, 0.3) is 28.1 Å². The summed E-state index contributed by atoms with van der Waals surface area (Å²) in [6, 6.07) is 24.9. The summed E-state index contributed by atoms with van der Waals surface area (Å²) in [5.74, 6) is 1.51. The summed E-state index contributed by atoms with van der Waals surface area (Å²) in [5, 5.41) is 2.98. The maximum atomic E-state index is 13.0. The molecule has 0 atom stereocenters. The topological polar surface area (TPSA) is 56.2 Å². The number of nitrogens with one attached hydrogen (secondary N) is 1. The smallest absolute Gasteiger partial charge is 0.272 e. The monoisotopic (exact) mass is 372 g/mol. The molecule has 140 valence electrons. The maximum absolute atomic E-state index is 13.0. The molecule has 1 N–H and O–H groups in total. The lowest BCUT2D eigenvalue weighted by Crippen LogP contribution is -2.05. The molecule has 4 aromatic rings. The van der Waals surface area contributed by atoms with Crippen LogP contribution >= 0.6 is 0 Å². The van der Waals surface area contributed by atoms with Gasteiger partial charge in [-0.2, -0.15) is 0 Å². The molecule has 1 aromatic heterocycles. The fraction of sp³-hybridized carbons (Fsp3) is 0.0870. The first-order chi connectivity index (χ1) is 13.7. The van der Waals surface area contributed by atoms with Crippen LogP contribution in [0.15, 0.2) is 83.7 Å². The first-order valence-electron chi connectivity index (χ1n) is 8.90. The third kappa shape index (κ3) is 3.18. The van der Waals surface area contributed by atoms with Crippen LogP contribution in [-0.2, 0) is 0 Å². The van der Waals surface area contributed by atoms with Crippen molar-refractivity contribution in [1.29, 1.82) is 0 Å². The number of H-pyrrole nitrogens is 1. The lowest BCUT2D eigenvalue weighted by atomic mass is 10.0. The van der Waals surface area contributed by atoms with Crippen molar-refractivity contribution in [3.8, 4) is 39.6 Å².